The summed E-state index contributed by atoms with van der Waals surface area (Å²) < 4.78 is 27.9. The average Bonchev–Trinajstić information content (AvgIpc) is 2.48. The van der Waals surface area contributed by atoms with Crippen molar-refractivity contribution in [3.8, 4) is 0 Å². The minimum Gasteiger partial charge on any atom is -0.310 e. The fourth-order valence-electron chi connectivity index (χ4n) is 2.36. The maximum atomic E-state index is 13.9. The van der Waals surface area contributed by atoms with E-state index in [-0.39, 0.29) is 5.56 Å². The number of benzene rings is 1. The Balaban J connectivity index is 2.26. The first-order valence-electron chi connectivity index (χ1n) is 7.26. The maximum absolute atomic E-state index is 13.9. The molecule has 1 aromatic heterocycles. The van der Waals surface area contributed by atoms with Crippen molar-refractivity contribution < 1.29 is 8.78 Å². The van der Waals surface area contributed by atoms with Crippen molar-refractivity contribution in [1.29, 1.82) is 0 Å². The molecule has 0 radical (unpaired) electrons. The van der Waals surface area contributed by atoms with E-state index in [9.17, 15) is 8.78 Å². The first-order chi connectivity index (χ1) is 10.2. The standard InChI is InChI=1S/C17H20F2N2/c1-3-12-8-9-13(21-11-12)10-16(20-4-2)17-14(18)6-5-7-15(17)19/h5-9,11,16,20H,3-4,10H2,1-2H3. The van der Waals surface area contributed by atoms with Crippen molar-refractivity contribution in [2.45, 2.75) is 32.7 Å². The number of hydrogen-bond acceptors (Lipinski definition) is 2. The zero-order chi connectivity index (χ0) is 15.2. The zero-order valence-electron chi connectivity index (χ0n) is 12.4. The molecule has 4 heteroatoms. The smallest absolute Gasteiger partial charge is 0.130 e. The monoisotopic (exact) mass is 290 g/mol. The summed E-state index contributed by atoms with van der Waals surface area (Å²) in [4.78, 5) is 4.37. The molecule has 21 heavy (non-hydrogen) atoms. The molecule has 1 atom stereocenters. The molecule has 2 rings (SSSR count). The quantitative estimate of drug-likeness (QED) is 0.875. The highest BCUT2D eigenvalue weighted by atomic mass is 19.1. The van der Waals surface area contributed by atoms with E-state index in [4.69, 9.17) is 0 Å². The van der Waals surface area contributed by atoms with Crippen molar-refractivity contribution in [3.63, 3.8) is 0 Å². The van der Waals surface area contributed by atoms with Gasteiger partial charge in [0.2, 0.25) is 0 Å². The molecule has 1 unspecified atom stereocenters. The number of aryl methyl sites for hydroxylation is 1. The summed E-state index contributed by atoms with van der Waals surface area (Å²) in [7, 11) is 0. The normalized spacial score (nSPS) is 12.4. The molecule has 0 amide bonds. The van der Waals surface area contributed by atoms with Gasteiger partial charge in [0.25, 0.3) is 0 Å². The highest BCUT2D eigenvalue weighted by Crippen LogP contribution is 2.23. The summed E-state index contributed by atoms with van der Waals surface area (Å²) in [5, 5.41) is 3.14. The van der Waals surface area contributed by atoms with Gasteiger partial charge in [-0.15, -0.1) is 0 Å². The van der Waals surface area contributed by atoms with Gasteiger partial charge in [-0.3, -0.25) is 4.98 Å². The zero-order valence-corrected chi connectivity index (χ0v) is 12.4. The number of nitrogens with zero attached hydrogens (tertiary/aromatic N) is 1. The Morgan fingerprint density at radius 3 is 2.33 bits per heavy atom. The Bertz CT molecular complexity index is 562. The van der Waals surface area contributed by atoms with Crippen LogP contribution in [0.25, 0.3) is 0 Å². The first-order valence-corrected chi connectivity index (χ1v) is 7.26. The number of aromatic nitrogens is 1. The molecule has 0 fully saturated rings. The van der Waals surface area contributed by atoms with Crippen molar-refractivity contribution in [2.24, 2.45) is 0 Å². The number of pyridine rings is 1. The van der Waals surface area contributed by atoms with E-state index in [1.165, 1.54) is 18.2 Å². The van der Waals surface area contributed by atoms with Crippen LogP contribution in [0.5, 0.6) is 0 Å². The van der Waals surface area contributed by atoms with Crippen molar-refractivity contribution in [3.05, 3.63) is 65.0 Å². The van der Waals surface area contributed by atoms with Gasteiger partial charge in [0.05, 0.1) is 0 Å². The lowest BCUT2D eigenvalue weighted by Gasteiger charge is -2.19. The molecule has 0 aliphatic heterocycles. The molecule has 2 aromatic rings. The van der Waals surface area contributed by atoms with Gasteiger partial charge in [0, 0.05) is 29.9 Å². The van der Waals surface area contributed by atoms with Crippen LogP contribution < -0.4 is 5.32 Å². The average molecular weight is 290 g/mol. The molecular weight excluding hydrogens is 270 g/mol. The summed E-state index contributed by atoms with van der Waals surface area (Å²) in [6.45, 7) is 4.61. The second-order valence-electron chi connectivity index (χ2n) is 4.96. The van der Waals surface area contributed by atoms with Gasteiger partial charge in [0.15, 0.2) is 0 Å². The van der Waals surface area contributed by atoms with Crippen LogP contribution in [0.15, 0.2) is 36.5 Å². The lowest BCUT2D eigenvalue weighted by molar-refractivity contribution is 0.470. The number of likely N-dealkylation sites (N-methyl/N-ethyl adjacent to an activating group) is 1. The van der Waals surface area contributed by atoms with Crippen LogP contribution in [-0.4, -0.2) is 11.5 Å². The summed E-state index contributed by atoms with van der Waals surface area (Å²) in [6, 6.07) is 7.46. The highest BCUT2D eigenvalue weighted by Gasteiger charge is 2.20. The van der Waals surface area contributed by atoms with Crippen LogP contribution in [0.4, 0.5) is 8.78 Å². The molecule has 1 aromatic carbocycles. The SMILES string of the molecule is CCNC(Cc1ccc(CC)cn1)c1c(F)cccc1F. The van der Waals surface area contributed by atoms with Crippen LogP contribution in [0, 0.1) is 11.6 Å². The molecule has 0 bridgehead atoms. The van der Waals surface area contributed by atoms with Gasteiger partial charge in [-0.1, -0.05) is 26.0 Å². The van der Waals surface area contributed by atoms with Crippen molar-refractivity contribution >= 4 is 0 Å². The van der Waals surface area contributed by atoms with Gasteiger partial charge >= 0.3 is 0 Å². The van der Waals surface area contributed by atoms with Gasteiger partial charge in [-0.2, -0.15) is 0 Å². The minimum atomic E-state index is -0.522. The predicted octanol–water partition coefficient (Wildman–Crippen LogP) is 3.82. The van der Waals surface area contributed by atoms with Crippen LogP contribution in [-0.2, 0) is 12.8 Å². The topological polar surface area (TPSA) is 24.9 Å². The number of rotatable bonds is 6. The number of nitrogens with one attached hydrogen (secondary N) is 1. The Morgan fingerprint density at radius 1 is 1.10 bits per heavy atom. The van der Waals surface area contributed by atoms with Gasteiger partial charge < -0.3 is 5.32 Å². The third kappa shape index (κ3) is 3.85. The van der Waals surface area contributed by atoms with Gasteiger partial charge in [0.1, 0.15) is 11.6 Å². The van der Waals surface area contributed by atoms with E-state index >= 15 is 0 Å². The lowest BCUT2D eigenvalue weighted by Crippen LogP contribution is -2.25. The second kappa shape index (κ2) is 7.27. The first kappa shape index (κ1) is 15.6. The van der Waals surface area contributed by atoms with Gasteiger partial charge in [-0.25, -0.2) is 8.78 Å². The summed E-state index contributed by atoms with van der Waals surface area (Å²) in [5.41, 5.74) is 2.05. The van der Waals surface area contributed by atoms with E-state index in [2.05, 4.69) is 17.2 Å². The maximum Gasteiger partial charge on any atom is 0.130 e. The van der Waals surface area contributed by atoms with Gasteiger partial charge in [-0.05, 0) is 36.7 Å². The summed E-state index contributed by atoms with van der Waals surface area (Å²) in [5.74, 6) is -1.04. The number of hydrogen-bond donors (Lipinski definition) is 1. The van der Waals surface area contributed by atoms with Crippen molar-refractivity contribution in [2.75, 3.05) is 6.54 Å². The second-order valence-corrected chi connectivity index (χ2v) is 4.96. The highest BCUT2D eigenvalue weighted by molar-refractivity contribution is 5.25. The van der Waals surface area contributed by atoms with Crippen LogP contribution in [0.3, 0.4) is 0 Å². The molecule has 2 nitrogen and oxygen atoms in total. The molecule has 0 saturated carbocycles. The molecule has 0 aliphatic rings. The largest absolute Gasteiger partial charge is 0.310 e. The summed E-state index contributed by atoms with van der Waals surface area (Å²) >= 11 is 0. The molecule has 1 heterocycles. The van der Waals surface area contributed by atoms with E-state index < -0.39 is 17.7 Å². The molecular formula is C17H20F2N2. The van der Waals surface area contributed by atoms with Crippen LogP contribution in [0.1, 0.15) is 36.7 Å². The predicted molar refractivity (Wildman–Crippen MR) is 80.1 cm³/mol. The molecule has 0 spiro atoms. The van der Waals surface area contributed by atoms with Crippen LogP contribution in [0.2, 0.25) is 0 Å². The number of halogens is 2. The molecule has 0 saturated heterocycles. The molecule has 112 valence electrons. The Labute approximate surface area is 124 Å². The Morgan fingerprint density at radius 2 is 1.81 bits per heavy atom. The lowest BCUT2D eigenvalue weighted by atomic mass is 10.00. The van der Waals surface area contributed by atoms with Crippen molar-refractivity contribution in [1.82, 2.24) is 10.3 Å². The van der Waals surface area contributed by atoms with E-state index in [0.29, 0.717) is 13.0 Å². The third-order valence-corrected chi connectivity index (χ3v) is 3.51. The van der Waals surface area contributed by atoms with E-state index in [0.717, 1.165) is 17.7 Å². The third-order valence-electron chi connectivity index (χ3n) is 3.51. The Hall–Kier alpha value is -1.81. The molecule has 0 aliphatic carbocycles. The summed E-state index contributed by atoms with van der Waals surface area (Å²) in [6.07, 6.45) is 3.19. The fraction of sp³-hybridized carbons (Fsp3) is 0.353. The minimum absolute atomic E-state index is 0.0840. The van der Waals surface area contributed by atoms with E-state index in [1.54, 1.807) is 0 Å². The molecule has 1 N–H and O–H groups in total. The van der Waals surface area contributed by atoms with Crippen LogP contribution >= 0.6 is 0 Å². The Kier molecular flexibility index (Phi) is 5.39. The fourth-order valence-corrected chi connectivity index (χ4v) is 2.36. The van der Waals surface area contributed by atoms with E-state index in [1.807, 2.05) is 25.3 Å².